The molecular weight excluding hydrogens is 294 g/mol. The van der Waals surface area contributed by atoms with Gasteiger partial charge >= 0.3 is 5.97 Å². The van der Waals surface area contributed by atoms with Crippen molar-refractivity contribution >= 4 is 11.9 Å². The van der Waals surface area contributed by atoms with Crippen molar-refractivity contribution in [3.63, 3.8) is 0 Å². The fourth-order valence-electron chi connectivity index (χ4n) is 3.01. The predicted molar refractivity (Wildman–Crippen MR) is 84.9 cm³/mol. The van der Waals surface area contributed by atoms with Crippen LogP contribution in [0.2, 0.25) is 0 Å². The van der Waals surface area contributed by atoms with Gasteiger partial charge in [0.05, 0.1) is 19.2 Å². The molecule has 2 aliphatic rings. The first-order chi connectivity index (χ1) is 11.1. The van der Waals surface area contributed by atoms with E-state index in [4.69, 9.17) is 10.5 Å². The van der Waals surface area contributed by atoms with E-state index in [0.717, 1.165) is 26.2 Å². The average Bonchev–Trinajstić information content (AvgIpc) is 2.49. The number of likely N-dealkylation sites (tertiary alicyclic amines) is 1. The maximum absolute atomic E-state index is 12.5. The molecule has 0 aromatic heterocycles. The molecule has 23 heavy (non-hydrogen) atoms. The normalized spacial score (nSPS) is 17.6. The van der Waals surface area contributed by atoms with E-state index in [2.05, 4.69) is 17.2 Å². The molecule has 3 rings (SSSR count). The molecule has 0 radical (unpaired) electrons. The Morgan fingerprint density at radius 2 is 2.13 bits per heavy atom. The van der Waals surface area contributed by atoms with Gasteiger partial charge in [-0.1, -0.05) is 11.8 Å². The number of carbonyl (C=O) groups excluding carboxylic acids is 2. The number of carbonyl (C=O) groups is 2. The molecule has 0 atom stereocenters. The first-order valence-corrected chi connectivity index (χ1v) is 7.50. The number of amides is 1. The summed E-state index contributed by atoms with van der Waals surface area (Å²) in [6, 6.07) is 4.87. The highest BCUT2D eigenvalue weighted by Gasteiger charge is 2.49. The van der Waals surface area contributed by atoms with Crippen molar-refractivity contribution in [3.8, 4) is 11.8 Å². The fourth-order valence-corrected chi connectivity index (χ4v) is 3.01. The summed E-state index contributed by atoms with van der Waals surface area (Å²) in [5, 5.41) is 3.24. The van der Waals surface area contributed by atoms with Crippen molar-refractivity contribution in [1.29, 1.82) is 0 Å². The molecule has 1 amide bonds. The van der Waals surface area contributed by atoms with Gasteiger partial charge in [0.25, 0.3) is 5.91 Å². The van der Waals surface area contributed by atoms with Gasteiger partial charge in [0.2, 0.25) is 0 Å². The lowest BCUT2D eigenvalue weighted by atomic mass is 9.74. The molecule has 2 heterocycles. The van der Waals surface area contributed by atoms with Crippen LogP contribution in [0, 0.1) is 17.3 Å². The first kappa shape index (κ1) is 15.5. The summed E-state index contributed by atoms with van der Waals surface area (Å²) >= 11 is 0. The van der Waals surface area contributed by atoms with Crippen molar-refractivity contribution in [1.82, 2.24) is 10.2 Å². The molecule has 2 saturated heterocycles. The van der Waals surface area contributed by atoms with Gasteiger partial charge in [-0.25, -0.2) is 4.79 Å². The quantitative estimate of drug-likeness (QED) is 0.585. The Balaban J connectivity index is 1.82. The van der Waals surface area contributed by atoms with Crippen LogP contribution < -0.4 is 11.1 Å². The van der Waals surface area contributed by atoms with E-state index in [9.17, 15) is 9.59 Å². The molecule has 6 nitrogen and oxygen atoms in total. The Labute approximate surface area is 135 Å². The number of esters is 1. The summed E-state index contributed by atoms with van der Waals surface area (Å²) in [5.74, 6) is 5.05. The minimum absolute atomic E-state index is 0.0326. The number of hydrogen-bond acceptors (Lipinski definition) is 5. The summed E-state index contributed by atoms with van der Waals surface area (Å²) in [4.78, 5) is 26.2. The predicted octanol–water partition coefficient (Wildman–Crippen LogP) is -0.171. The fraction of sp³-hybridized carbons (Fsp3) is 0.412. The summed E-state index contributed by atoms with van der Waals surface area (Å²) < 4.78 is 4.75. The zero-order valence-corrected chi connectivity index (χ0v) is 13.0. The maximum Gasteiger partial charge on any atom is 0.339 e. The van der Waals surface area contributed by atoms with Crippen LogP contribution in [0.4, 0.5) is 0 Å². The van der Waals surface area contributed by atoms with Gasteiger partial charge in [-0.2, -0.15) is 0 Å². The van der Waals surface area contributed by atoms with Gasteiger partial charge in [-0.05, 0) is 18.2 Å². The van der Waals surface area contributed by atoms with Crippen LogP contribution in [-0.2, 0) is 4.74 Å². The molecule has 0 aliphatic carbocycles. The minimum Gasteiger partial charge on any atom is -0.465 e. The highest BCUT2D eigenvalue weighted by molar-refractivity contribution is 5.98. The third-order valence-corrected chi connectivity index (χ3v) is 4.34. The molecule has 120 valence electrons. The van der Waals surface area contributed by atoms with Crippen LogP contribution in [0.25, 0.3) is 0 Å². The van der Waals surface area contributed by atoms with E-state index in [1.165, 1.54) is 7.11 Å². The van der Waals surface area contributed by atoms with Gasteiger partial charge in [0.1, 0.15) is 0 Å². The summed E-state index contributed by atoms with van der Waals surface area (Å²) in [6.07, 6.45) is 0. The number of nitrogens with zero attached hydrogens (tertiary/aromatic N) is 1. The van der Waals surface area contributed by atoms with Crippen molar-refractivity contribution < 1.29 is 14.3 Å². The molecule has 0 saturated carbocycles. The number of nitrogens with one attached hydrogen (secondary N) is 1. The second kappa shape index (κ2) is 6.03. The smallest absolute Gasteiger partial charge is 0.339 e. The molecule has 6 heteroatoms. The topological polar surface area (TPSA) is 84.7 Å². The number of nitrogens with two attached hydrogens (primary N) is 1. The third kappa shape index (κ3) is 2.81. The molecule has 2 aliphatic heterocycles. The van der Waals surface area contributed by atoms with Crippen LogP contribution in [0.1, 0.15) is 26.3 Å². The van der Waals surface area contributed by atoms with Gasteiger partial charge in [0.15, 0.2) is 0 Å². The van der Waals surface area contributed by atoms with Crippen LogP contribution >= 0.6 is 0 Å². The lowest BCUT2D eigenvalue weighted by molar-refractivity contribution is -0.0248. The summed E-state index contributed by atoms with van der Waals surface area (Å²) in [7, 11) is 1.31. The number of benzene rings is 1. The van der Waals surface area contributed by atoms with Crippen molar-refractivity contribution in [2.45, 2.75) is 0 Å². The lowest BCUT2D eigenvalue weighted by Gasteiger charge is -2.56. The molecule has 3 N–H and O–H groups in total. The second-order valence-corrected chi connectivity index (χ2v) is 6.02. The van der Waals surface area contributed by atoms with E-state index < -0.39 is 5.97 Å². The number of ether oxygens (including phenoxy) is 1. The van der Waals surface area contributed by atoms with Gasteiger partial charge < -0.3 is 20.7 Å². The van der Waals surface area contributed by atoms with E-state index >= 15 is 0 Å². The van der Waals surface area contributed by atoms with E-state index in [1.807, 2.05) is 4.90 Å². The molecule has 0 unspecified atom stereocenters. The number of rotatable bonds is 2. The molecule has 1 aromatic carbocycles. The lowest BCUT2D eigenvalue weighted by Crippen LogP contribution is -2.71. The Morgan fingerprint density at radius 1 is 1.39 bits per heavy atom. The summed E-state index contributed by atoms with van der Waals surface area (Å²) in [6.45, 7) is 3.69. The van der Waals surface area contributed by atoms with Gasteiger partial charge in [-0.15, -0.1) is 0 Å². The van der Waals surface area contributed by atoms with E-state index in [1.54, 1.807) is 18.2 Å². The van der Waals surface area contributed by atoms with E-state index in [-0.39, 0.29) is 17.9 Å². The minimum atomic E-state index is -0.478. The third-order valence-electron chi connectivity index (χ3n) is 4.34. The standard InChI is InChI=1S/C17H19N3O3/c1-23-16(22)14-5-4-13(7-12(14)3-2-6-18)15(21)20-10-17(11-20)8-19-9-17/h4-5,7,19H,6,8-11,18H2,1H3. The van der Waals surface area contributed by atoms with Gasteiger partial charge in [0, 0.05) is 42.7 Å². The monoisotopic (exact) mass is 313 g/mol. The highest BCUT2D eigenvalue weighted by atomic mass is 16.5. The first-order valence-electron chi connectivity index (χ1n) is 7.50. The largest absolute Gasteiger partial charge is 0.465 e. The summed E-state index contributed by atoms with van der Waals surface area (Å²) in [5.41, 5.74) is 7.01. The Bertz CT molecular complexity index is 706. The Kier molecular flexibility index (Phi) is 4.07. The van der Waals surface area contributed by atoms with E-state index in [0.29, 0.717) is 16.7 Å². The number of methoxy groups -OCH3 is 1. The van der Waals surface area contributed by atoms with Crippen molar-refractivity contribution in [3.05, 3.63) is 34.9 Å². The second-order valence-electron chi connectivity index (χ2n) is 6.02. The Morgan fingerprint density at radius 3 is 2.70 bits per heavy atom. The van der Waals surface area contributed by atoms with Crippen LogP contribution in [0.15, 0.2) is 18.2 Å². The van der Waals surface area contributed by atoms with Crippen LogP contribution in [0.5, 0.6) is 0 Å². The van der Waals surface area contributed by atoms with Crippen LogP contribution in [0.3, 0.4) is 0 Å². The highest BCUT2D eigenvalue weighted by Crippen LogP contribution is 2.35. The van der Waals surface area contributed by atoms with Crippen molar-refractivity contribution in [2.75, 3.05) is 39.8 Å². The molecule has 1 aromatic rings. The number of hydrogen-bond donors (Lipinski definition) is 2. The SMILES string of the molecule is COC(=O)c1ccc(C(=O)N2CC3(CNC3)C2)cc1C#CCN. The zero-order valence-electron chi connectivity index (χ0n) is 13.0. The molecule has 1 spiro atoms. The molecule has 2 fully saturated rings. The Hall–Kier alpha value is -2.36. The molecule has 0 bridgehead atoms. The van der Waals surface area contributed by atoms with Gasteiger partial charge in [-0.3, -0.25) is 4.79 Å². The average molecular weight is 313 g/mol. The zero-order chi connectivity index (χ0) is 16.4. The maximum atomic E-state index is 12.5. The van der Waals surface area contributed by atoms with Crippen LogP contribution in [-0.4, -0.2) is 56.6 Å². The van der Waals surface area contributed by atoms with Crippen molar-refractivity contribution in [2.24, 2.45) is 11.1 Å². The molecular formula is C17H19N3O3.